The molecule has 3 aromatic carbocycles. The zero-order valence-corrected chi connectivity index (χ0v) is 18.5. The van der Waals surface area contributed by atoms with E-state index in [1.54, 1.807) is 0 Å². The fraction of sp³-hybridized carbons (Fsp3) is 0.345. The van der Waals surface area contributed by atoms with Crippen molar-refractivity contribution in [3.8, 4) is 17.2 Å². The third-order valence-electron chi connectivity index (χ3n) is 7.30. The summed E-state index contributed by atoms with van der Waals surface area (Å²) >= 11 is 0. The van der Waals surface area contributed by atoms with E-state index in [0.29, 0.717) is 24.1 Å². The zero-order valence-electron chi connectivity index (χ0n) is 18.5. The molecule has 1 N–H and O–H groups in total. The summed E-state index contributed by atoms with van der Waals surface area (Å²) in [7, 11) is 0. The highest BCUT2D eigenvalue weighted by Crippen LogP contribution is 2.41. The second-order valence-electron chi connectivity index (χ2n) is 9.56. The summed E-state index contributed by atoms with van der Waals surface area (Å²) in [5.41, 5.74) is 4.59. The van der Waals surface area contributed by atoms with Crippen LogP contribution in [-0.2, 0) is 13.0 Å². The first-order valence-electron chi connectivity index (χ1n) is 11.7. The molecule has 0 aliphatic carbocycles. The van der Waals surface area contributed by atoms with Gasteiger partial charge in [0.15, 0.2) is 0 Å². The van der Waals surface area contributed by atoms with E-state index < -0.39 is 5.60 Å². The van der Waals surface area contributed by atoms with Crippen molar-refractivity contribution < 1.29 is 5.11 Å². The van der Waals surface area contributed by atoms with E-state index in [4.69, 9.17) is 0 Å². The van der Waals surface area contributed by atoms with Gasteiger partial charge < -0.3 is 5.11 Å². The van der Waals surface area contributed by atoms with Crippen LogP contribution in [-0.4, -0.2) is 27.7 Å². The number of aliphatic hydroxyl groups is 1. The molecule has 0 aromatic heterocycles. The molecule has 162 valence electrons. The lowest BCUT2D eigenvalue weighted by Gasteiger charge is -2.52. The van der Waals surface area contributed by atoms with Gasteiger partial charge in [-0.25, -0.2) is 0 Å². The fourth-order valence-electron chi connectivity index (χ4n) is 5.83. The van der Waals surface area contributed by atoms with Gasteiger partial charge in [0.2, 0.25) is 0 Å². The standard InChI is InChI=1S/C29H30N2O/c30-20-25-9-4-5-12-28(25)24-15-13-22(14-16-24)17-29(32)18-26-10-6-11-27(19-29)31(26)21-23-7-2-1-3-8-23/h1-5,7-9,12-16,26-27,32H,6,10-11,17-19,21H2. The largest absolute Gasteiger partial charge is 0.389 e. The minimum absolute atomic E-state index is 0.453. The summed E-state index contributed by atoms with van der Waals surface area (Å²) in [5.74, 6) is 0. The van der Waals surface area contributed by atoms with Crippen molar-refractivity contribution in [2.45, 2.75) is 62.8 Å². The Morgan fingerprint density at radius 2 is 1.50 bits per heavy atom. The molecule has 2 atom stereocenters. The van der Waals surface area contributed by atoms with Gasteiger partial charge in [-0.05, 0) is 54.0 Å². The number of piperidine rings is 2. The minimum Gasteiger partial charge on any atom is -0.389 e. The van der Waals surface area contributed by atoms with E-state index in [9.17, 15) is 10.4 Å². The Bertz CT molecular complexity index is 1090. The van der Waals surface area contributed by atoms with Gasteiger partial charge in [-0.3, -0.25) is 4.90 Å². The number of benzene rings is 3. The second-order valence-corrected chi connectivity index (χ2v) is 9.56. The van der Waals surface area contributed by atoms with E-state index in [1.165, 1.54) is 30.4 Å². The molecule has 2 aliphatic heterocycles. The summed E-state index contributed by atoms with van der Waals surface area (Å²) in [5, 5.41) is 21.0. The number of fused-ring (bicyclic) bond motifs is 2. The molecule has 3 aromatic rings. The maximum absolute atomic E-state index is 11.6. The SMILES string of the molecule is N#Cc1ccccc1-c1ccc(CC2(O)CC3CCCC(C2)N3Cc2ccccc2)cc1. The van der Waals surface area contributed by atoms with Gasteiger partial charge in [0.05, 0.1) is 17.2 Å². The summed E-state index contributed by atoms with van der Waals surface area (Å²) in [4.78, 5) is 2.65. The van der Waals surface area contributed by atoms with Gasteiger partial charge in [-0.15, -0.1) is 0 Å². The fourth-order valence-corrected chi connectivity index (χ4v) is 5.83. The first-order chi connectivity index (χ1) is 15.6. The van der Waals surface area contributed by atoms with E-state index >= 15 is 0 Å². The lowest BCUT2D eigenvalue weighted by Crippen LogP contribution is -2.58. The third-order valence-corrected chi connectivity index (χ3v) is 7.30. The molecule has 2 unspecified atom stereocenters. The smallest absolute Gasteiger partial charge is 0.0998 e. The first-order valence-corrected chi connectivity index (χ1v) is 11.7. The quantitative estimate of drug-likeness (QED) is 0.572. The van der Waals surface area contributed by atoms with Crippen molar-refractivity contribution in [3.63, 3.8) is 0 Å². The molecule has 3 heteroatoms. The summed E-state index contributed by atoms with van der Waals surface area (Å²) < 4.78 is 0. The van der Waals surface area contributed by atoms with Crippen molar-refractivity contribution in [1.29, 1.82) is 5.26 Å². The number of rotatable bonds is 5. The van der Waals surface area contributed by atoms with Crippen LogP contribution in [0.5, 0.6) is 0 Å². The molecule has 2 heterocycles. The van der Waals surface area contributed by atoms with Crippen LogP contribution in [0.2, 0.25) is 0 Å². The predicted octanol–water partition coefficient (Wildman–Crippen LogP) is 5.72. The van der Waals surface area contributed by atoms with Crippen LogP contribution in [0, 0.1) is 11.3 Å². The van der Waals surface area contributed by atoms with Crippen molar-refractivity contribution in [2.24, 2.45) is 0 Å². The molecule has 0 amide bonds. The average molecular weight is 423 g/mol. The molecular formula is C29H30N2O. The molecule has 2 saturated heterocycles. The van der Waals surface area contributed by atoms with E-state index in [0.717, 1.165) is 30.5 Å². The van der Waals surface area contributed by atoms with E-state index in [-0.39, 0.29) is 0 Å². The Hall–Kier alpha value is -2.93. The van der Waals surface area contributed by atoms with Crippen molar-refractivity contribution in [2.75, 3.05) is 0 Å². The predicted molar refractivity (Wildman–Crippen MR) is 128 cm³/mol. The van der Waals surface area contributed by atoms with E-state index in [1.807, 2.05) is 24.3 Å². The second kappa shape index (κ2) is 8.90. The number of hydrogen-bond donors (Lipinski definition) is 1. The number of hydrogen-bond acceptors (Lipinski definition) is 3. The lowest BCUT2D eigenvalue weighted by atomic mass is 9.73. The van der Waals surface area contributed by atoms with Crippen LogP contribution in [0.15, 0.2) is 78.9 Å². The Morgan fingerprint density at radius 1 is 0.844 bits per heavy atom. The molecule has 0 spiro atoms. The summed E-state index contributed by atoms with van der Waals surface area (Å²) in [6, 6.07) is 30.0. The maximum Gasteiger partial charge on any atom is 0.0998 e. The average Bonchev–Trinajstić information content (AvgIpc) is 2.81. The maximum atomic E-state index is 11.6. The van der Waals surface area contributed by atoms with Crippen LogP contribution in [0.1, 0.15) is 48.8 Å². The van der Waals surface area contributed by atoms with Crippen LogP contribution in [0.3, 0.4) is 0 Å². The van der Waals surface area contributed by atoms with Crippen molar-refractivity contribution in [1.82, 2.24) is 4.90 Å². The first kappa shape index (κ1) is 20.9. The molecule has 3 nitrogen and oxygen atoms in total. The van der Waals surface area contributed by atoms with Gasteiger partial charge in [-0.1, -0.05) is 79.2 Å². The Labute approximate surface area is 190 Å². The van der Waals surface area contributed by atoms with Crippen LogP contribution < -0.4 is 0 Å². The Morgan fingerprint density at radius 3 is 2.19 bits per heavy atom. The molecule has 2 aliphatic rings. The van der Waals surface area contributed by atoms with Crippen LogP contribution in [0.4, 0.5) is 0 Å². The normalized spacial score (nSPS) is 25.2. The molecular weight excluding hydrogens is 392 g/mol. The van der Waals surface area contributed by atoms with Crippen LogP contribution >= 0.6 is 0 Å². The molecule has 0 saturated carbocycles. The van der Waals surface area contributed by atoms with Crippen molar-refractivity contribution in [3.05, 3.63) is 95.6 Å². The lowest BCUT2D eigenvalue weighted by molar-refractivity contribution is -0.0946. The van der Waals surface area contributed by atoms with Gasteiger partial charge in [-0.2, -0.15) is 5.26 Å². The molecule has 0 radical (unpaired) electrons. The summed E-state index contributed by atoms with van der Waals surface area (Å²) in [6.45, 7) is 0.985. The van der Waals surface area contributed by atoms with Gasteiger partial charge in [0.1, 0.15) is 0 Å². The van der Waals surface area contributed by atoms with Crippen molar-refractivity contribution >= 4 is 0 Å². The number of nitriles is 1. The molecule has 32 heavy (non-hydrogen) atoms. The van der Waals surface area contributed by atoms with Gasteiger partial charge >= 0.3 is 0 Å². The van der Waals surface area contributed by atoms with Gasteiger partial charge in [0, 0.05) is 25.0 Å². The highest BCUT2D eigenvalue weighted by molar-refractivity contribution is 5.70. The Kier molecular flexibility index (Phi) is 5.83. The minimum atomic E-state index is -0.644. The third kappa shape index (κ3) is 4.35. The molecule has 2 bridgehead atoms. The topological polar surface area (TPSA) is 47.3 Å². The zero-order chi connectivity index (χ0) is 22.0. The Balaban J connectivity index is 1.30. The highest BCUT2D eigenvalue weighted by atomic mass is 16.3. The monoisotopic (exact) mass is 422 g/mol. The summed E-state index contributed by atoms with van der Waals surface area (Å²) in [6.07, 6.45) is 6.00. The van der Waals surface area contributed by atoms with Gasteiger partial charge in [0.25, 0.3) is 0 Å². The van der Waals surface area contributed by atoms with Crippen LogP contribution in [0.25, 0.3) is 11.1 Å². The molecule has 2 fully saturated rings. The van der Waals surface area contributed by atoms with E-state index in [2.05, 4.69) is 65.6 Å². The highest BCUT2D eigenvalue weighted by Gasteiger charge is 2.45. The molecule has 5 rings (SSSR count). The number of nitrogens with zero attached hydrogens (tertiary/aromatic N) is 2.